The van der Waals surface area contributed by atoms with Gasteiger partial charge in [0.1, 0.15) is 13.1 Å². The quantitative estimate of drug-likeness (QED) is 0.608. The zero-order valence-electron chi connectivity index (χ0n) is 15.3. The van der Waals surface area contributed by atoms with Crippen LogP contribution < -0.4 is 17.0 Å². The number of carbonyl (C=O) groups excluding carboxylic acids is 1. The number of benzene rings is 2. The number of hydrogen-bond donors (Lipinski definition) is 0. The highest BCUT2D eigenvalue weighted by molar-refractivity contribution is 5.94. The van der Waals surface area contributed by atoms with Crippen LogP contribution >= 0.6 is 0 Å². The van der Waals surface area contributed by atoms with Crippen LogP contribution in [0.25, 0.3) is 0 Å². The maximum atomic E-state index is 13.0. The van der Waals surface area contributed by atoms with E-state index in [9.17, 15) is 4.79 Å². The Kier molecular flexibility index (Phi) is 7.82. The van der Waals surface area contributed by atoms with Crippen LogP contribution in [0.2, 0.25) is 0 Å². The summed E-state index contributed by atoms with van der Waals surface area (Å²) >= 11 is 0. The van der Waals surface area contributed by atoms with Crippen LogP contribution in [0.1, 0.15) is 15.9 Å². The number of nitrogens with zero attached hydrogens (tertiary/aromatic N) is 2. The minimum atomic E-state index is 0. The van der Waals surface area contributed by atoms with Crippen molar-refractivity contribution in [1.82, 2.24) is 4.90 Å². The fourth-order valence-corrected chi connectivity index (χ4v) is 3.19. The Morgan fingerprint density at radius 1 is 1.00 bits per heavy atom. The smallest absolute Gasteiger partial charge is 0.254 e. The van der Waals surface area contributed by atoms with Crippen molar-refractivity contribution in [2.75, 3.05) is 46.4 Å². The molecule has 2 aromatic carbocycles. The highest BCUT2D eigenvalue weighted by atomic mass is 79.9. The summed E-state index contributed by atoms with van der Waals surface area (Å²) in [5.74, 6) is 0.101. The number of morpholine rings is 1. The number of quaternary nitrogens is 1. The van der Waals surface area contributed by atoms with Gasteiger partial charge in [-0.2, -0.15) is 0 Å². The molecule has 0 unspecified atom stereocenters. The minimum Gasteiger partial charge on any atom is -1.00 e. The molecule has 0 aliphatic carbocycles. The minimum absolute atomic E-state index is 0. The second-order valence-electron chi connectivity index (χ2n) is 6.98. The third-order valence-electron chi connectivity index (χ3n) is 4.98. The van der Waals surface area contributed by atoms with E-state index in [1.54, 1.807) is 0 Å². The van der Waals surface area contributed by atoms with Crippen molar-refractivity contribution in [2.24, 2.45) is 0 Å². The fraction of sp³-hybridized carbons (Fsp3) is 0.381. The lowest BCUT2D eigenvalue weighted by Crippen LogP contribution is -3.00. The number of ether oxygens (including phenoxy) is 1. The van der Waals surface area contributed by atoms with Gasteiger partial charge in [0, 0.05) is 12.1 Å². The molecule has 1 amide bonds. The summed E-state index contributed by atoms with van der Waals surface area (Å²) in [6.07, 6.45) is 0. The van der Waals surface area contributed by atoms with E-state index in [0.29, 0.717) is 6.54 Å². The van der Waals surface area contributed by atoms with Gasteiger partial charge in [-0.1, -0.05) is 48.5 Å². The van der Waals surface area contributed by atoms with Crippen LogP contribution in [0, 0.1) is 0 Å². The molecule has 26 heavy (non-hydrogen) atoms. The summed E-state index contributed by atoms with van der Waals surface area (Å²) in [6, 6.07) is 19.8. The predicted molar refractivity (Wildman–Crippen MR) is 99.2 cm³/mol. The molecule has 0 atom stereocenters. The maximum absolute atomic E-state index is 13.0. The normalized spacial score (nSPS) is 15.7. The Labute approximate surface area is 166 Å². The number of hydrogen-bond acceptors (Lipinski definition) is 2. The van der Waals surface area contributed by atoms with E-state index in [4.69, 9.17) is 4.74 Å². The highest BCUT2D eigenvalue weighted by Crippen LogP contribution is 2.13. The Bertz CT molecular complexity index is 673. The zero-order valence-corrected chi connectivity index (χ0v) is 16.9. The zero-order chi connectivity index (χ0) is 17.5. The van der Waals surface area contributed by atoms with Gasteiger partial charge in [0.2, 0.25) is 0 Å². The van der Waals surface area contributed by atoms with E-state index in [1.807, 2.05) is 53.4 Å². The number of carbonyl (C=O) groups is 1. The monoisotopic (exact) mass is 418 g/mol. The molecule has 1 saturated heterocycles. The van der Waals surface area contributed by atoms with E-state index in [1.165, 1.54) is 0 Å². The van der Waals surface area contributed by atoms with Gasteiger partial charge in [-0.3, -0.25) is 4.79 Å². The van der Waals surface area contributed by atoms with Gasteiger partial charge in [0.25, 0.3) is 5.91 Å². The lowest BCUT2D eigenvalue weighted by Gasteiger charge is -2.39. The van der Waals surface area contributed by atoms with Crippen LogP contribution in [0.15, 0.2) is 60.7 Å². The SMILES string of the molecule is C[N+]1(CCN(Cc2ccccc2)C(=O)c2ccccc2)CCOCC1.[Br-]. The van der Waals surface area contributed by atoms with Gasteiger partial charge < -0.3 is 31.1 Å². The summed E-state index contributed by atoms with van der Waals surface area (Å²) in [5, 5.41) is 0. The standard InChI is InChI=1S/C21H27N2O2.BrH/c1-23(14-16-25-17-15-23)13-12-22(18-19-8-4-2-5-9-19)21(24)20-10-6-3-7-11-20;/h2-11H,12-18H2,1H3;1H/q+1;/p-1. The Balaban J connectivity index is 0.00000243. The van der Waals surface area contributed by atoms with Gasteiger partial charge in [-0.25, -0.2) is 0 Å². The van der Waals surface area contributed by atoms with Crippen LogP contribution in [0.5, 0.6) is 0 Å². The van der Waals surface area contributed by atoms with Crippen molar-refractivity contribution >= 4 is 5.91 Å². The molecule has 5 heteroatoms. The molecule has 0 aromatic heterocycles. The third-order valence-corrected chi connectivity index (χ3v) is 4.98. The van der Waals surface area contributed by atoms with Crippen molar-refractivity contribution in [3.05, 3.63) is 71.8 Å². The van der Waals surface area contributed by atoms with E-state index in [-0.39, 0.29) is 22.9 Å². The molecule has 140 valence electrons. The topological polar surface area (TPSA) is 29.5 Å². The van der Waals surface area contributed by atoms with Crippen molar-refractivity contribution < 1.29 is 31.0 Å². The summed E-state index contributed by atoms with van der Waals surface area (Å²) in [5.41, 5.74) is 1.92. The summed E-state index contributed by atoms with van der Waals surface area (Å²) in [6.45, 7) is 5.99. The first-order valence-electron chi connectivity index (χ1n) is 8.96. The molecule has 0 bridgehead atoms. The highest BCUT2D eigenvalue weighted by Gasteiger charge is 2.27. The number of likely N-dealkylation sites (N-methyl/N-ethyl adjacent to an activating group) is 1. The second-order valence-corrected chi connectivity index (χ2v) is 6.98. The summed E-state index contributed by atoms with van der Waals surface area (Å²) in [4.78, 5) is 15.0. The third kappa shape index (κ3) is 5.66. The Morgan fingerprint density at radius 2 is 1.58 bits per heavy atom. The van der Waals surface area contributed by atoms with Crippen molar-refractivity contribution in [3.63, 3.8) is 0 Å². The first kappa shape index (κ1) is 20.6. The average Bonchev–Trinajstić information content (AvgIpc) is 2.67. The van der Waals surface area contributed by atoms with Crippen LogP contribution in [0.3, 0.4) is 0 Å². The molecule has 1 heterocycles. The lowest BCUT2D eigenvalue weighted by atomic mass is 10.1. The van der Waals surface area contributed by atoms with E-state index in [2.05, 4.69) is 19.2 Å². The molecule has 4 nitrogen and oxygen atoms in total. The molecule has 0 radical (unpaired) electrons. The van der Waals surface area contributed by atoms with Crippen molar-refractivity contribution in [2.45, 2.75) is 6.54 Å². The summed E-state index contributed by atoms with van der Waals surface area (Å²) in [7, 11) is 2.26. The molecule has 0 N–H and O–H groups in total. The van der Waals surface area contributed by atoms with Gasteiger partial charge in [-0.05, 0) is 17.7 Å². The molecule has 1 fully saturated rings. The molecular formula is C21H27BrN2O2. The van der Waals surface area contributed by atoms with E-state index in [0.717, 1.165) is 55.0 Å². The van der Waals surface area contributed by atoms with Crippen LogP contribution in [-0.4, -0.2) is 61.7 Å². The first-order valence-corrected chi connectivity index (χ1v) is 8.96. The number of rotatable bonds is 6. The molecule has 1 aliphatic heterocycles. The van der Waals surface area contributed by atoms with Gasteiger partial charge in [0.15, 0.2) is 0 Å². The number of halogens is 1. The lowest BCUT2D eigenvalue weighted by molar-refractivity contribution is -0.916. The molecule has 1 aliphatic rings. The first-order chi connectivity index (χ1) is 12.2. The molecular weight excluding hydrogens is 392 g/mol. The largest absolute Gasteiger partial charge is 1.00 e. The number of amides is 1. The van der Waals surface area contributed by atoms with Gasteiger partial charge in [-0.15, -0.1) is 0 Å². The van der Waals surface area contributed by atoms with Crippen molar-refractivity contribution in [3.8, 4) is 0 Å². The van der Waals surface area contributed by atoms with E-state index >= 15 is 0 Å². The van der Waals surface area contributed by atoms with E-state index < -0.39 is 0 Å². The molecule has 0 saturated carbocycles. The molecule has 0 spiro atoms. The average molecular weight is 419 g/mol. The van der Waals surface area contributed by atoms with Gasteiger partial charge in [0.05, 0.1) is 33.4 Å². The maximum Gasteiger partial charge on any atom is 0.254 e. The van der Waals surface area contributed by atoms with Crippen LogP contribution in [-0.2, 0) is 11.3 Å². The Morgan fingerprint density at radius 3 is 2.19 bits per heavy atom. The van der Waals surface area contributed by atoms with Crippen molar-refractivity contribution in [1.29, 1.82) is 0 Å². The van der Waals surface area contributed by atoms with Gasteiger partial charge >= 0.3 is 0 Å². The Hall–Kier alpha value is -1.69. The second kappa shape index (κ2) is 9.86. The predicted octanol–water partition coefficient (Wildman–Crippen LogP) is -0.190. The summed E-state index contributed by atoms with van der Waals surface area (Å²) < 4.78 is 6.45. The molecule has 3 rings (SSSR count). The van der Waals surface area contributed by atoms with Crippen LogP contribution in [0.4, 0.5) is 0 Å². The molecule has 2 aromatic rings. The fourth-order valence-electron chi connectivity index (χ4n) is 3.19.